The Labute approximate surface area is 109 Å². The molecule has 1 aromatic heterocycles. The van der Waals surface area contributed by atoms with E-state index >= 15 is 0 Å². The molecule has 0 aliphatic heterocycles. The fourth-order valence-electron chi connectivity index (χ4n) is 1.31. The molecule has 0 aliphatic rings. The third-order valence-corrected chi connectivity index (χ3v) is 2.40. The fraction of sp³-hybridized carbons (Fsp3) is 0.167. The summed E-state index contributed by atoms with van der Waals surface area (Å²) in [6.07, 6.45) is 0. The summed E-state index contributed by atoms with van der Waals surface area (Å²) in [6.45, 7) is 1.60. The van der Waals surface area contributed by atoms with E-state index in [1.54, 1.807) is 37.3 Å². The Bertz CT molecular complexity index is 554. The van der Waals surface area contributed by atoms with Crippen LogP contribution in [0.4, 0.5) is 5.82 Å². The van der Waals surface area contributed by atoms with Gasteiger partial charge < -0.3 is 14.6 Å². The molecule has 94 valence electrons. The monoisotopic (exact) mass is 266 g/mol. The molecule has 0 saturated heterocycles. The first-order chi connectivity index (χ1) is 8.65. The van der Waals surface area contributed by atoms with Gasteiger partial charge in [-0.2, -0.15) is 0 Å². The Kier molecular flexibility index (Phi) is 3.84. The van der Waals surface area contributed by atoms with Gasteiger partial charge in [0.15, 0.2) is 12.4 Å². The predicted molar refractivity (Wildman–Crippen MR) is 66.8 cm³/mol. The van der Waals surface area contributed by atoms with Gasteiger partial charge in [0.1, 0.15) is 11.5 Å². The number of halogens is 1. The highest BCUT2D eigenvalue weighted by molar-refractivity contribution is 6.32. The number of carbonyl (C=O) groups is 1. The number of anilines is 1. The van der Waals surface area contributed by atoms with Crippen molar-refractivity contribution in [1.29, 1.82) is 0 Å². The highest BCUT2D eigenvalue weighted by Gasteiger charge is 2.08. The fourth-order valence-corrected chi connectivity index (χ4v) is 1.50. The number of hydrogen-bond donors (Lipinski definition) is 1. The van der Waals surface area contributed by atoms with Crippen LogP contribution >= 0.6 is 11.6 Å². The minimum absolute atomic E-state index is 0.143. The first-order valence-corrected chi connectivity index (χ1v) is 5.63. The average molecular weight is 267 g/mol. The maximum absolute atomic E-state index is 11.5. The molecule has 1 amide bonds. The second-order valence-corrected chi connectivity index (χ2v) is 4.00. The number of ether oxygens (including phenoxy) is 1. The van der Waals surface area contributed by atoms with Crippen LogP contribution in [0, 0.1) is 6.92 Å². The second kappa shape index (κ2) is 5.55. The van der Waals surface area contributed by atoms with Crippen molar-refractivity contribution in [2.75, 3.05) is 11.9 Å². The molecule has 0 spiro atoms. The Morgan fingerprint density at radius 2 is 2.28 bits per heavy atom. The molecule has 0 saturated carbocycles. The lowest BCUT2D eigenvalue weighted by Crippen LogP contribution is -2.20. The molecule has 0 radical (unpaired) electrons. The quantitative estimate of drug-likeness (QED) is 0.924. The van der Waals surface area contributed by atoms with Crippen molar-refractivity contribution in [3.05, 3.63) is 41.1 Å². The number of hydrogen-bond acceptors (Lipinski definition) is 4. The third-order valence-electron chi connectivity index (χ3n) is 2.09. The number of carbonyl (C=O) groups excluding carboxylic acids is 1. The number of nitrogens with one attached hydrogen (secondary N) is 1. The van der Waals surface area contributed by atoms with Crippen molar-refractivity contribution in [3.8, 4) is 5.75 Å². The summed E-state index contributed by atoms with van der Waals surface area (Å²) in [7, 11) is 0. The summed E-state index contributed by atoms with van der Waals surface area (Å²) < 4.78 is 10.1. The first-order valence-electron chi connectivity index (χ1n) is 5.25. The van der Waals surface area contributed by atoms with Crippen LogP contribution in [0.3, 0.4) is 0 Å². The maximum Gasteiger partial charge on any atom is 0.263 e. The number of rotatable bonds is 4. The first kappa shape index (κ1) is 12.4. The number of aromatic nitrogens is 1. The standard InChI is InChI=1S/C12H11ClN2O3/c1-8-6-11(15-18-8)14-12(16)7-17-10-5-3-2-4-9(10)13/h2-6H,7H2,1H3,(H,14,15,16). The molecule has 2 aromatic rings. The van der Waals surface area contributed by atoms with Crippen LogP contribution in [-0.4, -0.2) is 17.7 Å². The number of aryl methyl sites for hydroxylation is 1. The van der Waals surface area contributed by atoms with E-state index in [2.05, 4.69) is 10.5 Å². The van der Waals surface area contributed by atoms with Crippen molar-refractivity contribution < 1.29 is 14.1 Å². The maximum atomic E-state index is 11.5. The average Bonchev–Trinajstić information content (AvgIpc) is 2.74. The van der Waals surface area contributed by atoms with Gasteiger partial charge in [0.25, 0.3) is 5.91 Å². The summed E-state index contributed by atoms with van der Waals surface area (Å²) in [5.74, 6) is 1.12. The van der Waals surface area contributed by atoms with Crippen LogP contribution in [-0.2, 0) is 4.79 Å². The van der Waals surface area contributed by atoms with Crippen molar-refractivity contribution in [1.82, 2.24) is 5.16 Å². The molecule has 1 heterocycles. The van der Waals surface area contributed by atoms with E-state index in [1.165, 1.54) is 0 Å². The molecule has 18 heavy (non-hydrogen) atoms. The Balaban J connectivity index is 1.87. The molecule has 2 rings (SSSR count). The zero-order valence-electron chi connectivity index (χ0n) is 9.64. The highest BCUT2D eigenvalue weighted by atomic mass is 35.5. The van der Waals surface area contributed by atoms with E-state index in [0.29, 0.717) is 22.4 Å². The van der Waals surface area contributed by atoms with Gasteiger partial charge in [-0.15, -0.1) is 0 Å². The van der Waals surface area contributed by atoms with Gasteiger partial charge in [0, 0.05) is 6.07 Å². The number of nitrogens with zero attached hydrogens (tertiary/aromatic N) is 1. The van der Waals surface area contributed by atoms with Gasteiger partial charge in [-0.25, -0.2) is 0 Å². The van der Waals surface area contributed by atoms with Crippen LogP contribution in [0.15, 0.2) is 34.9 Å². The van der Waals surface area contributed by atoms with Crippen LogP contribution in [0.25, 0.3) is 0 Å². The SMILES string of the molecule is Cc1cc(NC(=O)COc2ccccc2Cl)no1. The Hall–Kier alpha value is -2.01. The molecule has 0 aliphatic carbocycles. The summed E-state index contributed by atoms with van der Waals surface area (Å²) in [6, 6.07) is 8.56. The molecule has 5 nitrogen and oxygen atoms in total. The molecule has 0 bridgehead atoms. The number of para-hydroxylation sites is 1. The summed E-state index contributed by atoms with van der Waals surface area (Å²) >= 11 is 5.89. The summed E-state index contributed by atoms with van der Waals surface area (Å²) in [4.78, 5) is 11.5. The normalized spacial score (nSPS) is 10.1. The molecular formula is C12H11ClN2O3. The number of benzene rings is 1. The Morgan fingerprint density at radius 1 is 1.50 bits per heavy atom. The lowest BCUT2D eigenvalue weighted by atomic mass is 10.3. The molecule has 0 unspecified atom stereocenters. The van der Waals surface area contributed by atoms with E-state index in [-0.39, 0.29) is 12.5 Å². The van der Waals surface area contributed by atoms with Gasteiger partial charge >= 0.3 is 0 Å². The van der Waals surface area contributed by atoms with Crippen molar-refractivity contribution >= 4 is 23.3 Å². The zero-order chi connectivity index (χ0) is 13.0. The summed E-state index contributed by atoms with van der Waals surface area (Å²) in [5, 5.41) is 6.64. The van der Waals surface area contributed by atoms with Crippen LogP contribution in [0.1, 0.15) is 5.76 Å². The van der Waals surface area contributed by atoms with E-state index in [4.69, 9.17) is 20.9 Å². The Morgan fingerprint density at radius 3 is 2.94 bits per heavy atom. The molecule has 6 heteroatoms. The van der Waals surface area contributed by atoms with Gasteiger partial charge in [-0.05, 0) is 19.1 Å². The van der Waals surface area contributed by atoms with Crippen LogP contribution in [0.5, 0.6) is 5.75 Å². The van der Waals surface area contributed by atoms with Crippen molar-refractivity contribution in [2.45, 2.75) is 6.92 Å². The van der Waals surface area contributed by atoms with E-state index in [1.807, 2.05) is 0 Å². The molecule has 1 N–H and O–H groups in total. The zero-order valence-corrected chi connectivity index (χ0v) is 10.4. The van der Waals surface area contributed by atoms with Gasteiger partial charge in [-0.1, -0.05) is 28.9 Å². The highest BCUT2D eigenvalue weighted by Crippen LogP contribution is 2.22. The molecule has 0 fully saturated rings. The molecule has 1 aromatic carbocycles. The van der Waals surface area contributed by atoms with Crippen LogP contribution in [0.2, 0.25) is 5.02 Å². The van der Waals surface area contributed by atoms with E-state index < -0.39 is 0 Å². The topological polar surface area (TPSA) is 64.4 Å². The van der Waals surface area contributed by atoms with E-state index in [9.17, 15) is 4.79 Å². The summed E-state index contributed by atoms with van der Waals surface area (Å²) in [5.41, 5.74) is 0. The molecular weight excluding hydrogens is 256 g/mol. The minimum atomic E-state index is -0.330. The van der Waals surface area contributed by atoms with Crippen molar-refractivity contribution in [2.24, 2.45) is 0 Å². The lowest BCUT2D eigenvalue weighted by Gasteiger charge is -2.06. The second-order valence-electron chi connectivity index (χ2n) is 3.59. The smallest absolute Gasteiger partial charge is 0.263 e. The van der Waals surface area contributed by atoms with Crippen LogP contribution < -0.4 is 10.1 Å². The van der Waals surface area contributed by atoms with Gasteiger partial charge in [0.05, 0.1) is 5.02 Å². The third kappa shape index (κ3) is 3.24. The van der Waals surface area contributed by atoms with Crippen molar-refractivity contribution in [3.63, 3.8) is 0 Å². The molecule has 0 atom stereocenters. The van der Waals surface area contributed by atoms with E-state index in [0.717, 1.165) is 0 Å². The minimum Gasteiger partial charge on any atom is -0.482 e. The lowest BCUT2D eigenvalue weighted by molar-refractivity contribution is -0.118. The predicted octanol–water partition coefficient (Wildman–Crippen LogP) is 2.65. The largest absolute Gasteiger partial charge is 0.482 e. The van der Waals surface area contributed by atoms with Gasteiger partial charge in [-0.3, -0.25) is 4.79 Å². The van der Waals surface area contributed by atoms with Gasteiger partial charge in [0.2, 0.25) is 0 Å². The number of amides is 1.